The molecular weight excluding hydrogens is 406 g/mol. The van der Waals surface area contributed by atoms with Gasteiger partial charge >= 0.3 is 5.97 Å². The highest BCUT2D eigenvalue weighted by Crippen LogP contribution is 2.37. The summed E-state index contributed by atoms with van der Waals surface area (Å²) in [5.41, 5.74) is 0.578. The van der Waals surface area contributed by atoms with Gasteiger partial charge in [0.25, 0.3) is 10.0 Å². The number of hydrogen-bond donors (Lipinski definition) is 0. The minimum atomic E-state index is -3.87. The van der Waals surface area contributed by atoms with Gasteiger partial charge in [-0.25, -0.2) is 13.2 Å². The van der Waals surface area contributed by atoms with E-state index in [-0.39, 0.29) is 16.2 Å². The van der Waals surface area contributed by atoms with E-state index in [9.17, 15) is 13.2 Å². The average Bonchev–Trinajstić information content (AvgIpc) is 2.79. The summed E-state index contributed by atoms with van der Waals surface area (Å²) in [4.78, 5) is 12.7. The van der Waals surface area contributed by atoms with E-state index < -0.39 is 16.0 Å². The lowest BCUT2D eigenvalue weighted by Crippen LogP contribution is -2.26. The Kier molecular flexibility index (Phi) is 6.27. The van der Waals surface area contributed by atoms with Crippen molar-refractivity contribution in [1.82, 2.24) is 0 Å². The van der Waals surface area contributed by atoms with Crippen molar-refractivity contribution in [3.05, 3.63) is 78.4 Å². The number of carbonyl (C=O) groups is 1. The fourth-order valence-corrected chi connectivity index (χ4v) is 4.03. The predicted octanol–water partition coefficient (Wildman–Crippen LogP) is 3.75. The molecule has 0 aromatic heterocycles. The number of methoxy groups -OCH3 is 2. The van der Waals surface area contributed by atoms with Crippen LogP contribution in [-0.4, -0.2) is 35.7 Å². The molecule has 0 unspecified atom stereocenters. The normalized spacial score (nSPS) is 10.9. The molecule has 0 heterocycles. The largest absolute Gasteiger partial charge is 0.493 e. The molecule has 3 aromatic carbocycles. The van der Waals surface area contributed by atoms with Gasteiger partial charge in [0.1, 0.15) is 0 Å². The quantitative estimate of drug-likeness (QED) is 0.422. The number of anilines is 1. The average molecular weight is 427 g/mol. The lowest BCUT2D eigenvalue weighted by molar-refractivity contribution is 0.0724. The molecular formula is C22H21NO6S. The van der Waals surface area contributed by atoms with E-state index >= 15 is 0 Å². The minimum absolute atomic E-state index is 0.0321. The second-order valence-corrected chi connectivity index (χ2v) is 8.19. The molecule has 3 aromatic rings. The summed E-state index contributed by atoms with van der Waals surface area (Å²) in [6, 6.07) is 19.3. The van der Waals surface area contributed by atoms with Gasteiger partial charge in [0.2, 0.25) is 5.75 Å². The zero-order valence-corrected chi connectivity index (χ0v) is 17.5. The Morgan fingerprint density at radius 2 is 1.43 bits per heavy atom. The number of esters is 1. The summed E-state index contributed by atoms with van der Waals surface area (Å²) in [5, 5.41) is 0. The van der Waals surface area contributed by atoms with Gasteiger partial charge in [0.15, 0.2) is 11.5 Å². The van der Waals surface area contributed by atoms with Crippen LogP contribution in [0.3, 0.4) is 0 Å². The van der Waals surface area contributed by atoms with E-state index in [0.717, 1.165) is 4.31 Å². The van der Waals surface area contributed by atoms with E-state index in [1.165, 1.54) is 45.5 Å². The first-order valence-corrected chi connectivity index (χ1v) is 10.4. The van der Waals surface area contributed by atoms with Crippen molar-refractivity contribution in [3.63, 3.8) is 0 Å². The molecule has 0 radical (unpaired) electrons. The summed E-state index contributed by atoms with van der Waals surface area (Å²) in [6.07, 6.45) is 0. The van der Waals surface area contributed by atoms with Crippen molar-refractivity contribution in [2.75, 3.05) is 25.6 Å². The van der Waals surface area contributed by atoms with Crippen molar-refractivity contribution < 1.29 is 27.4 Å². The molecule has 0 aliphatic heterocycles. The van der Waals surface area contributed by atoms with Crippen LogP contribution in [0.5, 0.6) is 17.2 Å². The maximum Gasteiger partial charge on any atom is 0.343 e. The molecule has 0 aliphatic rings. The van der Waals surface area contributed by atoms with Crippen LogP contribution in [0.15, 0.2) is 77.7 Å². The molecule has 30 heavy (non-hydrogen) atoms. The number of nitrogens with zero attached hydrogens (tertiary/aromatic N) is 1. The van der Waals surface area contributed by atoms with Crippen LogP contribution in [0.2, 0.25) is 0 Å². The zero-order valence-electron chi connectivity index (χ0n) is 16.7. The third-order valence-corrected chi connectivity index (χ3v) is 6.21. The smallest absolute Gasteiger partial charge is 0.343 e. The number of ether oxygens (including phenoxy) is 3. The van der Waals surface area contributed by atoms with E-state index in [2.05, 4.69) is 0 Å². The molecule has 0 spiro atoms. The van der Waals surface area contributed by atoms with Crippen LogP contribution in [0, 0.1) is 0 Å². The van der Waals surface area contributed by atoms with Crippen molar-refractivity contribution in [2.45, 2.75) is 4.90 Å². The standard InChI is InChI=1S/C22H21NO6S/c1-23(17-10-5-4-6-11-17)30(25,26)18-12-7-9-16(15-18)22(24)29-21-19(27-2)13-8-14-20(21)28-3/h4-15H,1-3H3. The van der Waals surface area contributed by atoms with E-state index in [0.29, 0.717) is 17.2 Å². The molecule has 8 heteroatoms. The highest BCUT2D eigenvalue weighted by Gasteiger charge is 2.23. The molecule has 0 fully saturated rings. The summed E-state index contributed by atoms with van der Waals surface area (Å²) in [7, 11) is 0.470. The molecule has 3 rings (SSSR count). The van der Waals surface area contributed by atoms with Gasteiger partial charge < -0.3 is 14.2 Å². The number of carbonyl (C=O) groups excluding carboxylic acids is 1. The predicted molar refractivity (Wildman–Crippen MR) is 113 cm³/mol. The van der Waals surface area contributed by atoms with Crippen LogP contribution in [0.4, 0.5) is 5.69 Å². The minimum Gasteiger partial charge on any atom is -0.493 e. The molecule has 7 nitrogen and oxygen atoms in total. The van der Waals surface area contributed by atoms with Crippen molar-refractivity contribution in [1.29, 1.82) is 0 Å². The first kappa shape index (κ1) is 21.2. The number of rotatable bonds is 7. The maximum atomic E-state index is 13.0. The molecule has 0 saturated carbocycles. The van der Waals surface area contributed by atoms with Crippen LogP contribution < -0.4 is 18.5 Å². The first-order valence-electron chi connectivity index (χ1n) is 8.95. The Balaban J connectivity index is 1.92. The molecule has 0 bridgehead atoms. The second-order valence-electron chi connectivity index (χ2n) is 6.22. The summed E-state index contributed by atoms with van der Waals surface area (Å²) in [6.45, 7) is 0. The molecule has 0 atom stereocenters. The van der Waals surface area contributed by atoms with Crippen LogP contribution in [-0.2, 0) is 10.0 Å². The topological polar surface area (TPSA) is 82.1 Å². The van der Waals surface area contributed by atoms with Gasteiger partial charge in [-0.05, 0) is 42.5 Å². The highest BCUT2D eigenvalue weighted by molar-refractivity contribution is 7.92. The number of sulfonamides is 1. The Hall–Kier alpha value is -3.52. The van der Waals surface area contributed by atoms with Gasteiger partial charge in [-0.1, -0.05) is 30.3 Å². The number of para-hydroxylation sites is 2. The Labute approximate surface area is 175 Å². The highest BCUT2D eigenvalue weighted by atomic mass is 32.2. The Morgan fingerprint density at radius 3 is 2.03 bits per heavy atom. The molecule has 0 N–H and O–H groups in total. The lowest BCUT2D eigenvalue weighted by atomic mass is 10.2. The van der Waals surface area contributed by atoms with Gasteiger partial charge in [0, 0.05) is 7.05 Å². The fraction of sp³-hybridized carbons (Fsp3) is 0.136. The second kappa shape index (κ2) is 8.87. The van der Waals surface area contributed by atoms with Crippen LogP contribution in [0.25, 0.3) is 0 Å². The molecule has 156 valence electrons. The van der Waals surface area contributed by atoms with Gasteiger partial charge in [-0.2, -0.15) is 0 Å². The molecule has 0 aliphatic carbocycles. The third kappa shape index (κ3) is 4.23. The summed E-state index contributed by atoms with van der Waals surface area (Å²) < 4.78 is 43.1. The molecule has 0 amide bonds. The first-order chi connectivity index (χ1) is 14.4. The summed E-state index contributed by atoms with van der Waals surface area (Å²) in [5.74, 6) is 0.00459. The van der Waals surface area contributed by atoms with Crippen molar-refractivity contribution >= 4 is 21.7 Å². The van der Waals surface area contributed by atoms with E-state index in [4.69, 9.17) is 14.2 Å². The van der Waals surface area contributed by atoms with Gasteiger partial charge in [0.05, 0.1) is 30.4 Å². The Bertz CT molecular complexity index is 1120. The molecule has 0 saturated heterocycles. The van der Waals surface area contributed by atoms with Gasteiger partial charge in [-0.15, -0.1) is 0 Å². The fourth-order valence-electron chi connectivity index (χ4n) is 2.79. The van der Waals surface area contributed by atoms with Crippen molar-refractivity contribution in [2.24, 2.45) is 0 Å². The van der Waals surface area contributed by atoms with Crippen molar-refractivity contribution in [3.8, 4) is 17.2 Å². The SMILES string of the molecule is COc1cccc(OC)c1OC(=O)c1cccc(S(=O)(=O)N(C)c2ccccc2)c1. The number of hydrogen-bond acceptors (Lipinski definition) is 6. The Morgan fingerprint density at radius 1 is 0.833 bits per heavy atom. The van der Waals surface area contributed by atoms with Gasteiger partial charge in [-0.3, -0.25) is 4.31 Å². The monoisotopic (exact) mass is 427 g/mol. The maximum absolute atomic E-state index is 13.0. The zero-order chi connectivity index (χ0) is 21.7. The van der Waals surface area contributed by atoms with Crippen LogP contribution >= 0.6 is 0 Å². The third-order valence-electron chi connectivity index (χ3n) is 4.43. The van der Waals surface area contributed by atoms with Crippen LogP contribution in [0.1, 0.15) is 10.4 Å². The van der Waals surface area contributed by atoms with E-state index in [1.807, 2.05) is 0 Å². The summed E-state index contributed by atoms with van der Waals surface area (Å²) >= 11 is 0. The lowest BCUT2D eigenvalue weighted by Gasteiger charge is -2.19. The van der Waals surface area contributed by atoms with E-state index in [1.54, 1.807) is 48.5 Å². The number of benzene rings is 3.